The van der Waals surface area contributed by atoms with E-state index in [0.717, 1.165) is 5.69 Å². The SMILES string of the molecule is CN(CC1COCCC1O)c1ccc(F)cc1. The van der Waals surface area contributed by atoms with Crippen molar-refractivity contribution in [3.8, 4) is 0 Å². The highest BCUT2D eigenvalue weighted by atomic mass is 19.1. The maximum atomic E-state index is 12.8. The number of hydrogen-bond donors (Lipinski definition) is 1. The minimum Gasteiger partial charge on any atom is -0.393 e. The maximum Gasteiger partial charge on any atom is 0.123 e. The quantitative estimate of drug-likeness (QED) is 0.870. The molecule has 1 fully saturated rings. The van der Waals surface area contributed by atoms with Crippen molar-refractivity contribution >= 4 is 5.69 Å². The van der Waals surface area contributed by atoms with Crippen molar-refractivity contribution < 1.29 is 14.2 Å². The van der Waals surface area contributed by atoms with E-state index in [9.17, 15) is 9.50 Å². The van der Waals surface area contributed by atoms with Gasteiger partial charge in [-0.3, -0.25) is 0 Å². The van der Waals surface area contributed by atoms with Crippen LogP contribution in [-0.4, -0.2) is 38.0 Å². The van der Waals surface area contributed by atoms with Crippen molar-refractivity contribution in [2.75, 3.05) is 31.7 Å². The summed E-state index contributed by atoms with van der Waals surface area (Å²) in [6, 6.07) is 6.37. The lowest BCUT2D eigenvalue weighted by Crippen LogP contribution is -2.39. The molecule has 2 rings (SSSR count). The molecule has 1 heterocycles. The van der Waals surface area contributed by atoms with Gasteiger partial charge < -0.3 is 14.7 Å². The van der Waals surface area contributed by atoms with E-state index in [-0.39, 0.29) is 17.8 Å². The van der Waals surface area contributed by atoms with E-state index in [1.807, 2.05) is 11.9 Å². The fraction of sp³-hybridized carbons (Fsp3) is 0.538. The Morgan fingerprint density at radius 3 is 2.76 bits per heavy atom. The molecule has 1 saturated heterocycles. The van der Waals surface area contributed by atoms with Crippen LogP contribution in [0.4, 0.5) is 10.1 Å². The third-order valence-corrected chi connectivity index (χ3v) is 3.21. The number of nitrogens with zero attached hydrogens (tertiary/aromatic N) is 1. The van der Waals surface area contributed by atoms with Gasteiger partial charge in [-0.15, -0.1) is 0 Å². The van der Waals surface area contributed by atoms with Crippen molar-refractivity contribution in [2.45, 2.75) is 12.5 Å². The number of anilines is 1. The molecule has 1 aliphatic rings. The lowest BCUT2D eigenvalue weighted by atomic mass is 9.98. The third-order valence-electron chi connectivity index (χ3n) is 3.21. The summed E-state index contributed by atoms with van der Waals surface area (Å²) < 4.78 is 18.2. The maximum absolute atomic E-state index is 12.8. The lowest BCUT2D eigenvalue weighted by molar-refractivity contribution is -0.0320. The molecule has 0 aromatic heterocycles. The van der Waals surface area contributed by atoms with E-state index >= 15 is 0 Å². The molecule has 1 aliphatic heterocycles. The third kappa shape index (κ3) is 3.17. The van der Waals surface area contributed by atoms with Gasteiger partial charge in [-0.05, 0) is 30.7 Å². The molecule has 94 valence electrons. The second-order valence-electron chi connectivity index (χ2n) is 4.55. The smallest absolute Gasteiger partial charge is 0.123 e. The van der Waals surface area contributed by atoms with Gasteiger partial charge in [0.1, 0.15) is 5.82 Å². The number of rotatable bonds is 3. The van der Waals surface area contributed by atoms with Crippen molar-refractivity contribution in [1.29, 1.82) is 0 Å². The summed E-state index contributed by atoms with van der Waals surface area (Å²) in [5, 5.41) is 9.84. The first-order valence-electron chi connectivity index (χ1n) is 5.89. The van der Waals surface area contributed by atoms with E-state index < -0.39 is 0 Å². The molecule has 4 heteroatoms. The van der Waals surface area contributed by atoms with Gasteiger partial charge >= 0.3 is 0 Å². The average Bonchev–Trinajstić information content (AvgIpc) is 2.33. The van der Waals surface area contributed by atoms with E-state index in [2.05, 4.69) is 0 Å². The first-order chi connectivity index (χ1) is 8.16. The largest absolute Gasteiger partial charge is 0.393 e. The molecule has 17 heavy (non-hydrogen) atoms. The molecule has 0 bridgehead atoms. The van der Waals surface area contributed by atoms with Gasteiger partial charge in [-0.25, -0.2) is 4.39 Å². The highest BCUT2D eigenvalue weighted by Crippen LogP contribution is 2.19. The number of aliphatic hydroxyl groups excluding tert-OH is 1. The van der Waals surface area contributed by atoms with Gasteiger partial charge in [-0.1, -0.05) is 0 Å². The Labute approximate surface area is 101 Å². The molecule has 0 saturated carbocycles. The molecule has 2 unspecified atom stereocenters. The molecule has 0 amide bonds. The van der Waals surface area contributed by atoms with E-state index in [1.54, 1.807) is 12.1 Å². The molecule has 1 aromatic rings. The molecule has 2 atom stereocenters. The second-order valence-corrected chi connectivity index (χ2v) is 4.55. The highest BCUT2D eigenvalue weighted by molar-refractivity contribution is 5.45. The molecule has 0 aliphatic carbocycles. The first kappa shape index (κ1) is 12.3. The number of hydrogen-bond acceptors (Lipinski definition) is 3. The van der Waals surface area contributed by atoms with Gasteiger partial charge in [0.15, 0.2) is 0 Å². The summed E-state index contributed by atoms with van der Waals surface area (Å²) in [7, 11) is 1.94. The summed E-state index contributed by atoms with van der Waals surface area (Å²) in [4.78, 5) is 2.02. The van der Waals surface area contributed by atoms with Gasteiger partial charge in [0.05, 0.1) is 12.7 Å². The number of halogens is 1. The Bertz CT molecular complexity index is 355. The number of aliphatic hydroxyl groups is 1. The van der Waals surface area contributed by atoms with Crippen LogP contribution in [-0.2, 0) is 4.74 Å². The summed E-state index contributed by atoms with van der Waals surface area (Å²) in [5.41, 5.74) is 0.948. The van der Waals surface area contributed by atoms with Crippen LogP contribution in [0.1, 0.15) is 6.42 Å². The summed E-state index contributed by atoms with van der Waals surface area (Å²) in [6.07, 6.45) is 0.397. The fourth-order valence-electron chi connectivity index (χ4n) is 2.11. The highest BCUT2D eigenvalue weighted by Gasteiger charge is 2.24. The summed E-state index contributed by atoms with van der Waals surface area (Å²) in [6.45, 7) is 1.94. The molecular formula is C13H18FNO2. The normalized spacial score (nSPS) is 24.6. The van der Waals surface area contributed by atoms with Crippen LogP contribution in [0.25, 0.3) is 0 Å². The van der Waals surface area contributed by atoms with Crippen molar-refractivity contribution in [3.63, 3.8) is 0 Å². The Kier molecular flexibility index (Phi) is 3.97. The first-order valence-corrected chi connectivity index (χ1v) is 5.89. The topological polar surface area (TPSA) is 32.7 Å². The zero-order chi connectivity index (χ0) is 12.3. The number of benzene rings is 1. The Morgan fingerprint density at radius 1 is 1.41 bits per heavy atom. The molecule has 0 radical (unpaired) electrons. The van der Waals surface area contributed by atoms with Crippen LogP contribution in [0.3, 0.4) is 0 Å². The average molecular weight is 239 g/mol. The summed E-state index contributed by atoms with van der Waals surface area (Å²) in [5.74, 6) is -0.109. The predicted molar refractivity (Wildman–Crippen MR) is 64.6 cm³/mol. The van der Waals surface area contributed by atoms with Crippen LogP contribution < -0.4 is 4.90 Å². The Balaban J connectivity index is 1.95. The van der Waals surface area contributed by atoms with Crippen molar-refractivity contribution in [3.05, 3.63) is 30.1 Å². The molecule has 3 nitrogen and oxygen atoms in total. The van der Waals surface area contributed by atoms with E-state index in [0.29, 0.717) is 26.2 Å². The number of ether oxygens (including phenoxy) is 1. The zero-order valence-electron chi connectivity index (χ0n) is 9.97. The molecule has 1 aromatic carbocycles. The lowest BCUT2D eigenvalue weighted by Gasteiger charge is -2.32. The second kappa shape index (κ2) is 5.47. The van der Waals surface area contributed by atoms with Crippen LogP contribution in [0.5, 0.6) is 0 Å². The monoisotopic (exact) mass is 239 g/mol. The molecule has 0 spiro atoms. The minimum absolute atomic E-state index is 0.124. The van der Waals surface area contributed by atoms with Gasteiger partial charge in [0.25, 0.3) is 0 Å². The summed E-state index contributed by atoms with van der Waals surface area (Å²) >= 11 is 0. The predicted octanol–water partition coefficient (Wildman–Crippen LogP) is 1.66. The van der Waals surface area contributed by atoms with Crippen molar-refractivity contribution in [2.24, 2.45) is 5.92 Å². The van der Waals surface area contributed by atoms with E-state index in [4.69, 9.17) is 4.74 Å². The zero-order valence-corrected chi connectivity index (χ0v) is 9.97. The van der Waals surface area contributed by atoms with Crippen LogP contribution in [0, 0.1) is 11.7 Å². The van der Waals surface area contributed by atoms with Gasteiger partial charge in [0.2, 0.25) is 0 Å². The molecular weight excluding hydrogens is 221 g/mol. The van der Waals surface area contributed by atoms with Gasteiger partial charge in [0, 0.05) is 31.8 Å². The van der Waals surface area contributed by atoms with Gasteiger partial charge in [-0.2, -0.15) is 0 Å². The van der Waals surface area contributed by atoms with Crippen LogP contribution >= 0.6 is 0 Å². The van der Waals surface area contributed by atoms with E-state index in [1.165, 1.54) is 12.1 Å². The van der Waals surface area contributed by atoms with Crippen molar-refractivity contribution in [1.82, 2.24) is 0 Å². The van der Waals surface area contributed by atoms with Crippen LogP contribution in [0.2, 0.25) is 0 Å². The standard InChI is InChI=1S/C13H18FNO2/c1-15(12-4-2-11(14)3-5-12)8-10-9-17-7-6-13(10)16/h2-5,10,13,16H,6-9H2,1H3. The minimum atomic E-state index is -0.299. The van der Waals surface area contributed by atoms with Crippen LogP contribution in [0.15, 0.2) is 24.3 Å². The Morgan fingerprint density at radius 2 is 2.12 bits per heavy atom. The fourth-order valence-corrected chi connectivity index (χ4v) is 2.11. The Hall–Kier alpha value is -1.13. The molecule has 1 N–H and O–H groups in total.